The molecule has 0 saturated heterocycles. The number of nitrogens with one attached hydrogen (secondary N) is 1. The van der Waals surface area contributed by atoms with Gasteiger partial charge < -0.3 is 10.1 Å². The summed E-state index contributed by atoms with van der Waals surface area (Å²) in [5.74, 6) is -2.10. The van der Waals surface area contributed by atoms with Crippen LogP contribution in [0.25, 0.3) is 43.2 Å². The fourth-order valence-electron chi connectivity index (χ4n) is 5.77. The number of hydrogen-bond acceptors (Lipinski definition) is 7. The van der Waals surface area contributed by atoms with Gasteiger partial charge in [-0.1, -0.05) is 18.2 Å². The zero-order valence-corrected chi connectivity index (χ0v) is 20.4. The maximum atomic E-state index is 16.1. The van der Waals surface area contributed by atoms with Crippen LogP contribution in [0.2, 0.25) is 0 Å². The molecule has 0 unspecified atom stereocenters. The molecule has 1 aromatic carbocycles. The number of carboxylic acids is 1. The van der Waals surface area contributed by atoms with Gasteiger partial charge in [0.25, 0.3) is 0 Å². The Kier molecular flexibility index (Phi) is 5.10. The van der Waals surface area contributed by atoms with Crippen LogP contribution in [0, 0.1) is 23.6 Å². The Morgan fingerprint density at radius 1 is 1.11 bits per heavy atom. The van der Waals surface area contributed by atoms with Crippen molar-refractivity contribution in [2.24, 2.45) is 22.7 Å². The van der Waals surface area contributed by atoms with Crippen molar-refractivity contribution >= 4 is 50.1 Å². The number of benzene rings is 1. The van der Waals surface area contributed by atoms with Crippen molar-refractivity contribution in [2.75, 3.05) is 0 Å². The number of fused-ring (bicyclic) bond motifs is 5. The number of thiophene rings is 1. The summed E-state index contributed by atoms with van der Waals surface area (Å²) in [5, 5.41) is 11.0. The second-order valence-corrected chi connectivity index (χ2v) is 10.7. The quantitative estimate of drug-likeness (QED) is 0.304. The molecule has 3 saturated carbocycles. The Labute approximate surface area is 214 Å². The molecule has 8 rings (SSSR count). The van der Waals surface area contributed by atoms with Gasteiger partial charge in [-0.05, 0) is 55.0 Å². The van der Waals surface area contributed by atoms with Crippen LogP contribution < -0.4 is 0 Å². The Hall–Kier alpha value is -4.05. The molecule has 2 bridgehead atoms. The zero-order chi connectivity index (χ0) is 25.1. The van der Waals surface area contributed by atoms with Crippen molar-refractivity contribution in [2.45, 2.75) is 25.7 Å². The number of H-pyrrole nitrogens is 1. The summed E-state index contributed by atoms with van der Waals surface area (Å²) in [5.41, 5.74) is 2.37. The molecule has 4 heterocycles. The van der Waals surface area contributed by atoms with Gasteiger partial charge in [0, 0.05) is 29.0 Å². The SMILES string of the molecule is O=C(O)[C@@H]1C(=Nc2nc(-c3c[nH]c4nccnc34)nc(-c3cc4ccccc4s3)c2F)C2CCC1CC2. The smallest absolute Gasteiger partial charge is 0.312 e. The average Bonchev–Trinajstić information content (AvgIpc) is 3.55. The minimum absolute atomic E-state index is 0.0237. The molecular formula is C27H21FN6O2S. The normalized spacial score (nSPS) is 22.3. The molecule has 0 aliphatic heterocycles. The van der Waals surface area contributed by atoms with Crippen LogP contribution in [-0.4, -0.2) is 41.7 Å². The van der Waals surface area contributed by atoms with Crippen molar-refractivity contribution in [1.29, 1.82) is 0 Å². The zero-order valence-electron chi connectivity index (χ0n) is 19.6. The van der Waals surface area contributed by atoms with E-state index in [1.807, 2.05) is 30.3 Å². The first kappa shape index (κ1) is 22.2. The van der Waals surface area contributed by atoms with Gasteiger partial charge in [0.05, 0.1) is 16.4 Å². The first-order chi connectivity index (χ1) is 18.1. The third-order valence-electron chi connectivity index (χ3n) is 7.52. The van der Waals surface area contributed by atoms with Crippen LogP contribution in [0.4, 0.5) is 10.2 Å². The molecule has 0 spiro atoms. The summed E-state index contributed by atoms with van der Waals surface area (Å²) in [6, 6.07) is 9.74. The van der Waals surface area contributed by atoms with Crippen molar-refractivity contribution in [3.05, 3.63) is 54.7 Å². The number of hydrogen-bond donors (Lipinski definition) is 2. The average molecular weight is 513 g/mol. The molecule has 5 aromatic rings. The van der Waals surface area contributed by atoms with Crippen molar-refractivity contribution in [3.8, 4) is 22.0 Å². The third-order valence-corrected chi connectivity index (χ3v) is 8.64. The number of nitrogens with zero attached hydrogens (tertiary/aromatic N) is 5. The van der Waals surface area contributed by atoms with Crippen molar-refractivity contribution in [1.82, 2.24) is 24.9 Å². The highest BCUT2D eigenvalue weighted by atomic mass is 32.1. The number of halogens is 1. The molecule has 3 aliphatic rings. The highest BCUT2D eigenvalue weighted by Crippen LogP contribution is 2.45. The van der Waals surface area contributed by atoms with Gasteiger partial charge in [-0.15, -0.1) is 11.3 Å². The monoisotopic (exact) mass is 512 g/mol. The van der Waals surface area contributed by atoms with Gasteiger partial charge >= 0.3 is 5.97 Å². The van der Waals surface area contributed by atoms with Gasteiger partial charge in [-0.3, -0.25) is 9.78 Å². The van der Waals surface area contributed by atoms with Gasteiger partial charge in [0.1, 0.15) is 11.2 Å². The summed E-state index contributed by atoms with van der Waals surface area (Å²) < 4.78 is 17.2. The number of carbonyl (C=O) groups is 1. The number of carboxylic acid groups (broad SMARTS) is 1. The molecule has 3 aliphatic carbocycles. The lowest BCUT2D eigenvalue weighted by molar-refractivity contribution is -0.142. The molecule has 4 aromatic heterocycles. The standard InChI is InChI=1S/C27H21FN6O2S/c28-20-23(18-11-15-3-1-2-4-17(15)37-18)33-24(16-12-31-26-22(16)29-9-10-30-26)34-25(20)32-21-14-7-5-13(6-8-14)19(21)27(35)36/h1-4,9-14,19H,5-8H2,(H,30,31)(H,35,36)/t13?,14?,19-/m0/s1. The third kappa shape index (κ3) is 3.62. The second kappa shape index (κ2) is 8.52. The van der Waals surface area contributed by atoms with E-state index in [2.05, 4.69) is 29.9 Å². The van der Waals surface area contributed by atoms with Gasteiger partial charge in [-0.2, -0.15) is 0 Å². The molecular weight excluding hydrogens is 491 g/mol. The van der Waals surface area contributed by atoms with E-state index in [0.717, 1.165) is 35.8 Å². The topological polar surface area (TPSA) is 117 Å². The van der Waals surface area contributed by atoms with E-state index in [1.54, 1.807) is 18.6 Å². The summed E-state index contributed by atoms with van der Waals surface area (Å²) in [6.45, 7) is 0. The first-order valence-corrected chi connectivity index (χ1v) is 13.0. The maximum Gasteiger partial charge on any atom is 0.312 e. The summed E-state index contributed by atoms with van der Waals surface area (Å²) in [4.78, 5) is 38.4. The van der Waals surface area contributed by atoms with Gasteiger partial charge in [0.15, 0.2) is 23.1 Å². The molecule has 0 radical (unpaired) electrons. The molecule has 184 valence electrons. The van der Waals surface area contributed by atoms with E-state index >= 15 is 4.39 Å². The fraction of sp³-hybridized carbons (Fsp3) is 0.259. The van der Waals surface area contributed by atoms with E-state index in [4.69, 9.17) is 0 Å². The highest BCUT2D eigenvalue weighted by Gasteiger charge is 2.45. The van der Waals surface area contributed by atoms with Crippen LogP contribution in [0.3, 0.4) is 0 Å². The van der Waals surface area contributed by atoms with E-state index < -0.39 is 17.7 Å². The molecule has 2 N–H and O–H groups in total. The van der Waals surface area contributed by atoms with E-state index in [0.29, 0.717) is 27.3 Å². The van der Waals surface area contributed by atoms with Crippen molar-refractivity contribution < 1.29 is 14.3 Å². The van der Waals surface area contributed by atoms with Crippen molar-refractivity contribution in [3.63, 3.8) is 0 Å². The predicted octanol–water partition coefficient (Wildman–Crippen LogP) is 6.03. The van der Waals surface area contributed by atoms with E-state index in [-0.39, 0.29) is 29.2 Å². The van der Waals surface area contributed by atoms with E-state index in [9.17, 15) is 9.90 Å². The lowest BCUT2D eigenvalue weighted by Crippen LogP contribution is -2.44. The minimum Gasteiger partial charge on any atom is -0.481 e. The number of aromatic nitrogens is 5. The first-order valence-electron chi connectivity index (χ1n) is 12.2. The molecule has 1 atom stereocenters. The molecule has 37 heavy (non-hydrogen) atoms. The Balaban J connectivity index is 1.46. The van der Waals surface area contributed by atoms with Crippen LogP contribution in [0.15, 0.2) is 53.9 Å². The lowest BCUT2D eigenvalue weighted by Gasteiger charge is -2.41. The Bertz CT molecular complexity index is 1690. The number of aliphatic carboxylic acids is 1. The largest absolute Gasteiger partial charge is 0.481 e. The predicted molar refractivity (Wildman–Crippen MR) is 139 cm³/mol. The molecule has 8 nitrogen and oxygen atoms in total. The van der Waals surface area contributed by atoms with Crippen LogP contribution in [0.1, 0.15) is 25.7 Å². The summed E-state index contributed by atoms with van der Waals surface area (Å²) in [6.07, 6.45) is 8.32. The Morgan fingerprint density at radius 2 is 1.92 bits per heavy atom. The molecule has 10 heteroatoms. The fourth-order valence-corrected chi connectivity index (χ4v) is 6.81. The van der Waals surface area contributed by atoms with Crippen LogP contribution >= 0.6 is 11.3 Å². The maximum absolute atomic E-state index is 16.1. The minimum atomic E-state index is -0.903. The van der Waals surface area contributed by atoms with E-state index in [1.165, 1.54) is 11.3 Å². The number of aliphatic imine (C=N–C) groups is 1. The second-order valence-electron chi connectivity index (χ2n) is 9.60. The highest BCUT2D eigenvalue weighted by molar-refractivity contribution is 7.22. The summed E-state index contributed by atoms with van der Waals surface area (Å²) in [7, 11) is 0. The van der Waals surface area contributed by atoms with Gasteiger partial charge in [0.2, 0.25) is 0 Å². The molecule has 3 fully saturated rings. The number of rotatable bonds is 4. The molecule has 0 amide bonds. The van der Waals surface area contributed by atoms with Gasteiger partial charge in [-0.25, -0.2) is 24.3 Å². The van der Waals surface area contributed by atoms with Crippen LogP contribution in [-0.2, 0) is 4.79 Å². The summed E-state index contributed by atoms with van der Waals surface area (Å²) >= 11 is 1.44. The lowest BCUT2D eigenvalue weighted by atomic mass is 9.63. The van der Waals surface area contributed by atoms with Crippen LogP contribution in [0.5, 0.6) is 0 Å². The number of aromatic amines is 1. The Morgan fingerprint density at radius 3 is 2.73 bits per heavy atom.